The highest BCUT2D eigenvalue weighted by Crippen LogP contribution is 2.26. The fraction of sp³-hybridized carbons (Fsp3) is 0.688. The van der Waals surface area contributed by atoms with Gasteiger partial charge in [-0.05, 0) is 13.8 Å². The van der Waals surface area contributed by atoms with Crippen molar-refractivity contribution in [3.63, 3.8) is 0 Å². The van der Waals surface area contributed by atoms with Crippen molar-refractivity contribution in [1.29, 1.82) is 0 Å². The Bertz CT molecular complexity index is 654. The molecule has 1 N–H and O–H groups in total. The van der Waals surface area contributed by atoms with E-state index in [9.17, 15) is 9.59 Å². The van der Waals surface area contributed by atoms with Crippen molar-refractivity contribution < 1.29 is 28.3 Å². The molecule has 1 unspecified atom stereocenters. The third-order valence-electron chi connectivity index (χ3n) is 4.49. The van der Waals surface area contributed by atoms with Gasteiger partial charge >= 0.3 is 6.03 Å². The van der Waals surface area contributed by atoms with Crippen LogP contribution in [0, 0.1) is 13.8 Å². The average Bonchev–Trinajstić information content (AvgIpc) is 2.94. The second-order valence-electron chi connectivity index (χ2n) is 6.41. The van der Waals surface area contributed by atoms with Crippen LogP contribution in [0.25, 0.3) is 0 Å². The zero-order chi connectivity index (χ0) is 18.7. The molecule has 3 rings (SSSR count). The number of ether oxygens (including phenoxy) is 3. The summed E-state index contributed by atoms with van der Waals surface area (Å²) in [5.41, 5.74) is 1.18. The van der Waals surface area contributed by atoms with Crippen LogP contribution in [0.4, 0.5) is 10.5 Å². The van der Waals surface area contributed by atoms with Crippen LogP contribution in [0.15, 0.2) is 4.52 Å². The molecular formula is C16H24N4O6. The third kappa shape index (κ3) is 3.81. The predicted molar refractivity (Wildman–Crippen MR) is 89.7 cm³/mol. The van der Waals surface area contributed by atoms with E-state index >= 15 is 0 Å². The van der Waals surface area contributed by atoms with Crippen molar-refractivity contribution in [3.05, 3.63) is 11.5 Å². The van der Waals surface area contributed by atoms with Gasteiger partial charge in [0, 0.05) is 20.2 Å². The number of amides is 3. The van der Waals surface area contributed by atoms with Crippen LogP contribution in [0.3, 0.4) is 0 Å². The van der Waals surface area contributed by atoms with Crippen LogP contribution < -0.4 is 5.32 Å². The van der Waals surface area contributed by atoms with Crippen molar-refractivity contribution in [1.82, 2.24) is 15.0 Å². The summed E-state index contributed by atoms with van der Waals surface area (Å²) >= 11 is 0. The lowest BCUT2D eigenvalue weighted by Gasteiger charge is -2.47. The number of aromatic nitrogens is 1. The van der Waals surface area contributed by atoms with E-state index in [1.165, 1.54) is 7.11 Å². The Morgan fingerprint density at radius 2 is 1.85 bits per heavy atom. The van der Waals surface area contributed by atoms with Gasteiger partial charge in [0.15, 0.2) is 5.76 Å². The minimum atomic E-state index is -1.02. The van der Waals surface area contributed by atoms with Crippen LogP contribution in [-0.2, 0) is 19.0 Å². The first-order chi connectivity index (χ1) is 12.4. The van der Waals surface area contributed by atoms with E-state index in [4.69, 9.17) is 18.7 Å². The molecule has 144 valence electrons. The van der Waals surface area contributed by atoms with Crippen molar-refractivity contribution in [2.45, 2.75) is 19.6 Å². The quantitative estimate of drug-likeness (QED) is 0.821. The second kappa shape index (κ2) is 7.60. The maximum atomic E-state index is 12.6. The minimum Gasteiger partial charge on any atom is -0.375 e. The topological polar surface area (TPSA) is 106 Å². The lowest BCUT2D eigenvalue weighted by atomic mass is 10.1. The van der Waals surface area contributed by atoms with Gasteiger partial charge in [-0.25, -0.2) is 4.79 Å². The lowest BCUT2D eigenvalue weighted by Crippen LogP contribution is -2.64. The fourth-order valence-electron chi connectivity index (χ4n) is 3.15. The van der Waals surface area contributed by atoms with Gasteiger partial charge < -0.3 is 33.9 Å². The van der Waals surface area contributed by atoms with Crippen molar-refractivity contribution >= 4 is 17.6 Å². The molecule has 0 radical (unpaired) electrons. The Hall–Kier alpha value is -2.17. The number of rotatable bonds is 3. The molecule has 26 heavy (non-hydrogen) atoms. The molecule has 2 aliphatic heterocycles. The smallest absolute Gasteiger partial charge is 0.322 e. The predicted octanol–water partition coefficient (Wildman–Crippen LogP) is 0.357. The SMILES string of the molecule is COCC(=O)N1CCOC2(C1)CN(C(=O)Nc1c(C)noc1C)CCO2. The van der Waals surface area contributed by atoms with Crippen LogP contribution in [0.2, 0.25) is 0 Å². The minimum absolute atomic E-state index is 0.00627. The molecule has 1 aromatic rings. The van der Waals surface area contributed by atoms with E-state index in [-0.39, 0.29) is 31.6 Å². The van der Waals surface area contributed by atoms with Gasteiger partial charge in [-0.3, -0.25) is 4.79 Å². The molecule has 3 heterocycles. The second-order valence-corrected chi connectivity index (χ2v) is 6.41. The first-order valence-electron chi connectivity index (χ1n) is 8.47. The Morgan fingerprint density at radius 3 is 2.46 bits per heavy atom. The summed E-state index contributed by atoms with van der Waals surface area (Å²) in [5.74, 6) is -0.601. The fourth-order valence-corrected chi connectivity index (χ4v) is 3.15. The van der Waals surface area contributed by atoms with Crippen molar-refractivity contribution in [2.24, 2.45) is 0 Å². The van der Waals surface area contributed by atoms with Gasteiger partial charge in [0.05, 0.1) is 26.3 Å². The van der Waals surface area contributed by atoms with E-state index in [1.807, 2.05) is 0 Å². The third-order valence-corrected chi connectivity index (χ3v) is 4.49. The normalized spacial score (nSPS) is 23.3. The molecule has 0 saturated carbocycles. The summed E-state index contributed by atoms with van der Waals surface area (Å²) in [6, 6.07) is -0.286. The number of carbonyl (C=O) groups excluding carboxylic acids is 2. The zero-order valence-corrected chi connectivity index (χ0v) is 15.2. The van der Waals surface area contributed by atoms with Gasteiger partial charge in [0.2, 0.25) is 11.7 Å². The molecule has 1 spiro atoms. The molecule has 10 heteroatoms. The van der Waals surface area contributed by atoms with Crippen molar-refractivity contribution in [3.8, 4) is 0 Å². The number of carbonyl (C=O) groups is 2. The molecule has 0 aliphatic carbocycles. The van der Waals surface area contributed by atoms with E-state index in [1.54, 1.807) is 23.6 Å². The van der Waals surface area contributed by atoms with E-state index in [2.05, 4.69) is 10.5 Å². The molecule has 2 aliphatic rings. The van der Waals surface area contributed by atoms with E-state index in [0.717, 1.165) is 0 Å². The molecular weight excluding hydrogens is 344 g/mol. The summed E-state index contributed by atoms with van der Waals surface area (Å²) in [6.45, 7) is 5.53. The number of morpholine rings is 2. The van der Waals surface area contributed by atoms with Gasteiger partial charge in [0.25, 0.3) is 0 Å². The van der Waals surface area contributed by atoms with Crippen LogP contribution in [0.1, 0.15) is 11.5 Å². The van der Waals surface area contributed by atoms with E-state index < -0.39 is 5.79 Å². The molecule has 2 saturated heterocycles. The number of anilines is 1. The highest BCUT2D eigenvalue weighted by molar-refractivity contribution is 5.90. The number of methoxy groups -OCH3 is 1. The monoisotopic (exact) mass is 368 g/mol. The summed E-state index contributed by atoms with van der Waals surface area (Å²) in [4.78, 5) is 28.0. The molecule has 2 fully saturated rings. The molecule has 3 amide bonds. The maximum Gasteiger partial charge on any atom is 0.322 e. The number of hydrogen-bond acceptors (Lipinski definition) is 7. The molecule has 10 nitrogen and oxygen atoms in total. The lowest BCUT2D eigenvalue weighted by molar-refractivity contribution is -0.284. The largest absolute Gasteiger partial charge is 0.375 e. The highest BCUT2D eigenvalue weighted by atomic mass is 16.7. The summed E-state index contributed by atoms with van der Waals surface area (Å²) in [7, 11) is 1.48. The summed E-state index contributed by atoms with van der Waals surface area (Å²) < 4.78 is 21.6. The van der Waals surface area contributed by atoms with E-state index in [0.29, 0.717) is 43.4 Å². The Labute approximate surface area is 151 Å². The molecule has 0 aromatic carbocycles. The Morgan fingerprint density at radius 1 is 1.19 bits per heavy atom. The first kappa shape index (κ1) is 18.6. The van der Waals surface area contributed by atoms with Gasteiger partial charge in [0.1, 0.15) is 18.0 Å². The van der Waals surface area contributed by atoms with Crippen LogP contribution in [-0.4, -0.2) is 85.8 Å². The number of nitrogens with zero attached hydrogens (tertiary/aromatic N) is 3. The van der Waals surface area contributed by atoms with Gasteiger partial charge in [-0.2, -0.15) is 0 Å². The Kier molecular flexibility index (Phi) is 5.44. The molecule has 1 atom stereocenters. The number of nitrogens with one attached hydrogen (secondary N) is 1. The number of aryl methyl sites for hydroxylation is 2. The van der Waals surface area contributed by atoms with Gasteiger partial charge in [-0.1, -0.05) is 5.16 Å². The average molecular weight is 368 g/mol. The summed E-state index contributed by atoms with van der Waals surface area (Å²) in [6.07, 6.45) is 0. The maximum absolute atomic E-state index is 12.6. The molecule has 0 bridgehead atoms. The van der Waals surface area contributed by atoms with Crippen LogP contribution in [0.5, 0.6) is 0 Å². The highest BCUT2D eigenvalue weighted by Gasteiger charge is 2.44. The van der Waals surface area contributed by atoms with Crippen LogP contribution >= 0.6 is 0 Å². The standard InChI is InChI=1S/C16H24N4O6/c1-11-14(12(2)26-18-11)17-15(22)20-5-7-25-16(10-20)9-19(4-6-24-16)13(21)8-23-3/h4-10H2,1-3H3,(H,17,22). The Balaban J connectivity index is 1.66. The van der Waals surface area contributed by atoms with Gasteiger partial charge in [-0.15, -0.1) is 0 Å². The number of urea groups is 1. The van der Waals surface area contributed by atoms with Crippen molar-refractivity contribution in [2.75, 3.05) is 58.4 Å². The zero-order valence-electron chi connectivity index (χ0n) is 15.2. The summed E-state index contributed by atoms with van der Waals surface area (Å²) in [5, 5.41) is 6.65. The first-order valence-corrected chi connectivity index (χ1v) is 8.47. The molecule has 1 aromatic heterocycles. The number of hydrogen-bond donors (Lipinski definition) is 1.